The SMILES string of the molecule is CC(C)(C)c1ccc(N(c2ccc(C(C)(C)C)cc2)c2cc3c4c(c2)N2c5ccccc5[Si](C)(C)c5cc(-c6ccccc6)cc(c52)B4c2cc(C(C)(C)C)ccc2N3c2ccc(C(C)(C)C)cc2-c2ccccc2)cc1. The van der Waals surface area contributed by atoms with Gasteiger partial charge in [-0.25, -0.2) is 0 Å². The van der Waals surface area contributed by atoms with Crippen LogP contribution in [0.2, 0.25) is 13.1 Å². The predicted molar refractivity (Wildman–Crippen MR) is 338 cm³/mol. The van der Waals surface area contributed by atoms with Crippen molar-refractivity contribution in [3.63, 3.8) is 0 Å². The Bertz CT molecular complexity index is 3700. The molecule has 0 spiro atoms. The molecule has 3 aliphatic heterocycles. The van der Waals surface area contributed by atoms with E-state index in [1.807, 2.05) is 0 Å². The maximum absolute atomic E-state index is 2.70. The molecule has 0 bridgehead atoms. The minimum Gasteiger partial charge on any atom is -0.312 e. The van der Waals surface area contributed by atoms with Gasteiger partial charge in [-0.15, -0.1) is 0 Å². The fourth-order valence-corrected chi connectivity index (χ4v) is 15.6. The molecule has 0 aromatic heterocycles. The lowest BCUT2D eigenvalue weighted by atomic mass is 9.33. The summed E-state index contributed by atoms with van der Waals surface area (Å²) < 4.78 is 0. The highest BCUT2D eigenvalue weighted by Gasteiger charge is 2.50. The highest BCUT2D eigenvalue weighted by Crippen LogP contribution is 2.52. The van der Waals surface area contributed by atoms with E-state index < -0.39 is 8.07 Å². The quantitative estimate of drug-likeness (QED) is 0.154. The van der Waals surface area contributed by atoms with Gasteiger partial charge in [0.15, 0.2) is 0 Å². The smallest absolute Gasteiger partial charge is 0.252 e. The first-order chi connectivity index (χ1) is 36.5. The van der Waals surface area contributed by atoms with Gasteiger partial charge in [-0.05, 0) is 148 Å². The van der Waals surface area contributed by atoms with E-state index in [1.54, 1.807) is 0 Å². The molecule has 3 aliphatic rings. The molecular weight excluding hydrogens is 946 g/mol. The number of benzene rings is 9. The molecule has 9 aromatic rings. The van der Waals surface area contributed by atoms with Gasteiger partial charge in [-0.2, -0.15) is 0 Å². The molecule has 77 heavy (non-hydrogen) atoms. The number of hydrogen-bond donors (Lipinski definition) is 0. The first-order valence-electron chi connectivity index (χ1n) is 28.0. The zero-order chi connectivity index (χ0) is 54.1. The molecule has 5 heteroatoms. The van der Waals surface area contributed by atoms with Crippen LogP contribution in [0.4, 0.5) is 51.2 Å². The average molecular weight is 1020 g/mol. The van der Waals surface area contributed by atoms with Crippen LogP contribution in [0.25, 0.3) is 22.3 Å². The third-order valence-electron chi connectivity index (χ3n) is 17.0. The molecule has 0 aliphatic carbocycles. The normalized spacial score (nSPS) is 14.4. The van der Waals surface area contributed by atoms with Gasteiger partial charge >= 0.3 is 0 Å². The molecule has 0 fully saturated rings. The van der Waals surface area contributed by atoms with Gasteiger partial charge in [0.1, 0.15) is 8.07 Å². The van der Waals surface area contributed by atoms with Crippen LogP contribution in [0.15, 0.2) is 194 Å². The molecule has 0 radical (unpaired) electrons. The lowest BCUT2D eigenvalue weighted by Crippen LogP contribution is -2.67. The van der Waals surface area contributed by atoms with E-state index in [4.69, 9.17) is 0 Å². The first kappa shape index (κ1) is 50.5. The summed E-state index contributed by atoms with van der Waals surface area (Å²) >= 11 is 0. The lowest BCUT2D eigenvalue weighted by molar-refractivity contribution is 0.590. The lowest BCUT2D eigenvalue weighted by Gasteiger charge is -2.50. The molecule has 12 rings (SSSR count). The second-order valence-electron chi connectivity index (χ2n) is 26.8. The van der Waals surface area contributed by atoms with Crippen LogP contribution < -0.4 is 41.5 Å². The number of hydrogen-bond acceptors (Lipinski definition) is 3. The van der Waals surface area contributed by atoms with Crippen molar-refractivity contribution in [1.82, 2.24) is 0 Å². The van der Waals surface area contributed by atoms with Crippen molar-refractivity contribution in [1.29, 1.82) is 0 Å². The van der Waals surface area contributed by atoms with E-state index >= 15 is 0 Å². The van der Waals surface area contributed by atoms with Gasteiger partial charge in [0.25, 0.3) is 6.71 Å². The van der Waals surface area contributed by atoms with Gasteiger partial charge in [0.2, 0.25) is 0 Å². The van der Waals surface area contributed by atoms with E-state index in [1.165, 1.54) is 105 Å². The summed E-state index contributed by atoms with van der Waals surface area (Å²) in [7, 11) is -2.32. The minimum atomic E-state index is -2.32. The third kappa shape index (κ3) is 8.48. The Morgan fingerprint density at radius 1 is 0.351 bits per heavy atom. The van der Waals surface area contributed by atoms with Crippen LogP contribution in [0.1, 0.15) is 105 Å². The predicted octanol–water partition coefficient (Wildman–Crippen LogP) is 16.9. The van der Waals surface area contributed by atoms with Gasteiger partial charge < -0.3 is 14.7 Å². The van der Waals surface area contributed by atoms with Gasteiger partial charge in [-0.3, -0.25) is 0 Å². The molecule has 0 atom stereocenters. The van der Waals surface area contributed by atoms with Crippen LogP contribution in [-0.2, 0) is 21.7 Å². The highest BCUT2D eigenvalue weighted by molar-refractivity contribution is 7.06. The van der Waals surface area contributed by atoms with Crippen molar-refractivity contribution in [3.05, 3.63) is 216 Å². The molecule has 0 amide bonds. The standard InChI is InChI=1S/C72H74BN3Si/c1-69(2,3)50-29-35-54(36-30-50)74(55-37-31-51(32-38-55)70(4,5)6)56-45-63-67-64(46-56)76-62-27-21-22-28-65(62)77(13,14)66-42-49(47-23-17-15-18-24-47)41-59(68(66)76)73(67)58-44-53(72(10,11)12)34-40-61(58)75(63)60-39-33-52(71(7,8)9)43-57(60)48-25-19-16-20-26-48/h15-46H,1-14H3. The first-order valence-corrected chi connectivity index (χ1v) is 31.0. The van der Waals surface area contributed by atoms with Crippen molar-refractivity contribution in [2.45, 2.75) is 118 Å². The maximum atomic E-state index is 2.70. The number of fused-ring (bicyclic) bond motifs is 6. The van der Waals surface area contributed by atoms with Crippen molar-refractivity contribution in [2.75, 3.05) is 14.7 Å². The van der Waals surface area contributed by atoms with E-state index in [0.717, 1.165) is 17.1 Å². The van der Waals surface area contributed by atoms with Crippen molar-refractivity contribution in [3.8, 4) is 22.3 Å². The molecule has 0 unspecified atom stereocenters. The molecular formula is C72H74BN3Si. The molecule has 0 saturated heterocycles. The van der Waals surface area contributed by atoms with Crippen LogP contribution in [-0.4, -0.2) is 14.8 Å². The Balaban J connectivity index is 1.25. The summed E-state index contributed by atoms with van der Waals surface area (Å²) in [4.78, 5) is 7.87. The van der Waals surface area contributed by atoms with E-state index in [9.17, 15) is 0 Å². The molecule has 3 heterocycles. The largest absolute Gasteiger partial charge is 0.312 e. The van der Waals surface area contributed by atoms with Gasteiger partial charge in [0, 0.05) is 45.4 Å². The van der Waals surface area contributed by atoms with Gasteiger partial charge in [0.05, 0.1) is 11.4 Å². The van der Waals surface area contributed by atoms with Crippen molar-refractivity contribution in [2.24, 2.45) is 0 Å². The molecule has 0 N–H and O–H groups in total. The van der Waals surface area contributed by atoms with E-state index in [0.29, 0.717) is 0 Å². The summed E-state index contributed by atoms with van der Waals surface area (Å²) in [5, 5.41) is 2.94. The number of para-hydroxylation sites is 1. The topological polar surface area (TPSA) is 9.72 Å². The highest BCUT2D eigenvalue weighted by atomic mass is 28.3. The van der Waals surface area contributed by atoms with Crippen molar-refractivity contribution < 1.29 is 0 Å². The van der Waals surface area contributed by atoms with Crippen molar-refractivity contribution >= 4 is 92.7 Å². The summed E-state index contributed by atoms with van der Waals surface area (Å²) in [5.41, 5.74) is 25.0. The summed E-state index contributed by atoms with van der Waals surface area (Å²) in [5.74, 6) is 0. The summed E-state index contributed by atoms with van der Waals surface area (Å²) in [6.45, 7) is 33.0. The number of rotatable bonds is 6. The third-order valence-corrected chi connectivity index (χ3v) is 20.5. The zero-order valence-corrected chi connectivity index (χ0v) is 48.9. The minimum absolute atomic E-state index is 0.00663. The summed E-state index contributed by atoms with van der Waals surface area (Å²) in [6.07, 6.45) is 0. The Kier molecular flexibility index (Phi) is 11.7. The van der Waals surface area contributed by atoms with E-state index in [-0.39, 0.29) is 28.4 Å². The fourth-order valence-electron chi connectivity index (χ4n) is 12.6. The van der Waals surface area contributed by atoms with Crippen LogP contribution in [0.3, 0.4) is 0 Å². The number of anilines is 9. The number of nitrogens with zero attached hydrogens (tertiary/aromatic N) is 3. The fraction of sp³-hybridized carbons (Fsp3) is 0.250. The molecule has 384 valence electrons. The molecule has 3 nitrogen and oxygen atoms in total. The second-order valence-corrected chi connectivity index (χ2v) is 31.1. The van der Waals surface area contributed by atoms with Gasteiger partial charge in [-0.1, -0.05) is 230 Å². The summed E-state index contributed by atoms with van der Waals surface area (Å²) in [6, 6.07) is 75.2. The zero-order valence-electron chi connectivity index (χ0n) is 47.9. The van der Waals surface area contributed by atoms with Crippen LogP contribution in [0.5, 0.6) is 0 Å². The van der Waals surface area contributed by atoms with E-state index in [2.05, 4.69) is 305 Å². The van der Waals surface area contributed by atoms with Crippen LogP contribution >= 0.6 is 0 Å². The molecule has 0 saturated carbocycles. The second kappa shape index (κ2) is 17.9. The maximum Gasteiger partial charge on any atom is 0.252 e. The Morgan fingerprint density at radius 3 is 1.39 bits per heavy atom. The molecule has 9 aromatic carbocycles. The Labute approximate surface area is 461 Å². The monoisotopic (exact) mass is 1020 g/mol. The average Bonchev–Trinajstić information content (AvgIpc) is 3.31. The Morgan fingerprint density at radius 2 is 0.831 bits per heavy atom. The Hall–Kier alpha value is -7.34. The van der Waals surface area contributed by atoms with Crippen LogP contribution in [0, 0.1) is 0 Å².